The Kier molecular flexibility index (Phi) is 5.89. The summed E-state index contributed by atoms with van der Waals surface area (Å²) >= 11 is 6.11. The fourth-order valence-corrected chi connectivity index (χ4v) is 5.07. The van der Waals surface area contributed by atoms with E-state index < -0.39 is 22.0 Å². The molecule has 1 aliphatic heterocycles. The Bertz CT molecular complexity index is 1220. The average Bonchev–Trinajstić information content (AvgIpc) is 2.78. The zero-order chi connectivity index (χ0) is 22.0. The highest BCUT2D eigenvalue weighted by Crippen LogP contribution is 2.38. The van der Waals surface area contributed by atoms with Crippen molar-refractivity contribution in [3.8, 4) is 5.75 Å². The van der Waals surface area contributed by atoms with Gasteiger partial charge in [0, 0.05) is 11.6 Å². The van der Waals surface area contributed by atoms with E-state index in [-0.39, 0.29) is 17.2 Å². The third kappa shape index (κ3) is 4.38. The smallest absolute Gasteiger partial charge is 0.264 e. The monoisotopic (exact) mass is 456 g/mol. The first-order valence-corrected chi connectivity index (χ1v) is 11.5. The molecule has 1 unspecified atom stereocenters. The first kappa shape index (κ1) is 21.2. The van der Waals surface area contributed by atoms with Gasteiger partial charge in [-0.15, -0.1) is 0 Å². The SMILES string of the molecule is Cc1ccccc1CNC(=O)C1CN(S(=O)(=O)c2ccccc2)c2cc(Cl)ccc2O1. The minimum absolute atomic E-state index is 0.127. The Morgan fingerprint density at radius 2 is 1.81 bits per heavy atom. The van der Waals surface area contributed by atoms with Crippen LogP contribution in [-0.2, 0) is 21.4 Å². The van der Waals surface area contributed by atoms with Gasteiger partial charge in [-0.2, -0.15) is 0 Å². The molecule has 3 aromatic rings. The summed E-state index contributed by atoms with van der Waals surface area (Å²) < 4.78 is 33.7. The van der Waals surface area contributed by atoms with Crippen molar-refractivity contribution in [1.82, 2.24) is 5.32 Å². The van der Waals surface area contributed by atoms with Gasteiger partial charge in [0.2, 0.25) is 0 Å². The number of hydrogen-bond donors (Lipinski definition) is 1. The van der Waals surface area contributed by atoms with Crippen molar-refractivity contribution in [2.45, 2.75) is 24.5 Å². The summed E-state index contributed by atoms with van der Waals surface area (Å²) in [5.41, 5.74) is 2.34. The fraction of sp³-hybridized carbons (Fsp3) is 0.174. The Morgan fingerprint density at radius 1 is 1.10 bits per heavy atom. The highest BCUT2D eigenvalue weighted by atomic mass is 35.5. The number of halogens is 1. The van der Waals surface area contributed by atoms with Crippen LogP contribution in [0.25, 0.3) is 0 Å². The molecular formula is C23H21ClN2O4S. The zero-order valence-corrected chi connectivity index (χ0v) is 18.4. The van der Waals surface area contributed by atoms with Gasteiger partial charge in [0.15, 0.2) is 6.10 Å². The van der Waals surface area contributed by atoms with Crippen LogP contribution < -0.4 is 14.4 Å². The second-order valence-electron chi connectivity index (χ2n) is 7.21. The maximum atomic E-state index is 13.3. The molecule has 1 heterocycles. The molecule has 0 aliphatic carbocycles. The molecule has 0 saturated heterocycles. The summed E-state index contributed by atoms with van der Waals surface area (Å²) in [6, 6.07) is 20.5. The van der Waals surface area contributed by atoms with Crippen molar-refractivity contribution < 1.29 is 17.9 Å². The molecular weight excluding hydrogens is 436 g/mol. The van der Waals surface area contributed by atoms with E-state index in [2.05, 4.69) is 5.32 Å². The van der Waals surface area contributed by atoms with Crippen LogP contribution in [0.5, 0.6) is 5.75 Å². The molecule has 6 nitrogen and oxygen atoms in total. The van der Waals surface area contributed by atoms with Crippen molar-refractivity contribution >= 4 is 33.2 Å². The fourth-order valence-electron chi connectivity index (χ4n) is 3.41. The van der Waals surface area contributed by atoms with E-state index in [1.807, 2.05) is 31.2 Å². The number of hydrogen-bond acceptors (Lipinski definition) is 4. The van der Waals surface area contributed by atoms with Crippen LogP contribution in [0, 0.1) is 6.92 Å². The van der Waals surface area contributed by atoms with Crippen molar-refractivity contribution in [3.63, 3.8) is 0 Å². The highest BCUT2D eigenvalue weighted by Gasteiger charge is 2.37. The first-order chi connectivity index (χ1) is 14.9. The lowest BCUT2D eigenvalue weighted by Crippen LogP contribution is -2.50. The lowest BCUT2D eigenvalue weighted by molar-refractivity contribution is -0.127. The van der Waals surface area contributed by atoms with E-state index in [0.717, 1.165) is 11.1 Å². The third-order valence-electron chi connectivity index (χ3n) is 5.13. The maximum Gasteiger partial charge on any atom is 0.264 e. The van der Waals surface area contributed by atoms with E-state index >= 15 is 0 Å². The number of carbonyl (C=O) groups is 1. The number of rotatable bonds is 5. The van der Waals surface area contributed by atoms with Crippen molar-refractivity contribution in [1.29, 1.82) is 0 Å². The van der Waals surface area contributed by atoms with E-state index in [9.17, 15) is 13.2 Å². The number of sulfonamides is 1. The summed E-state index contributed by atoms with van der Waals surface area (Å²) in [7, 11) is -3.92. The number of aryl methyl sites for hydroxylation is 1. The number of nitrogens with zero attached hydrogens (tertiary/aromatic N) is 1. The minimum atomic E-state index is -3.92. The molecule has 1 N–H and O–H groups in total. The molecule has 1 atom stereocenters. The molecule has 8 heteroatoms. The minimum Gasteiger partial charge on any atom is -0.476 e. The van der Waals surface area contributed by atoms with E-state index in [0.29, 0.717) is 17.3 Å². The van der Waals surface area contributed by atoms with Crippen LogP contribution >= 0.6 is 11.6 Å². The first-order valence-electron chi connectivity index (χ1n) is 9.72. The highest BCUT2D eigenvalue weighted by molar-refractivity contribution is 7.92. The van der Waals surface area contributed by atoms with Crippen LogP contribution in [0.1, 0.15) is 11.1 Å². The maximum absolute atomic E-state index is 13.3. The topological polar surface area (TPSA) is 75.7 Å². The van der Waals surface area contributed by atoms with Gasteiger partial charge in [-0.05, 0) is 48.4 Å². The summed E-state index contributed by atoms with van der Waals surface area (Å²) in [6.45, 7) is 2.13. The Hall–Kier alpha value is -3.03. The molecule has 0 bridgehead atoms. The molecule has 4 rings (SSSR count). The molecule has 3 aromatic carbocycles. The predicted molar refractivity (Wildman–Crippen MR) is 120 cm³/mol. The Morgan fingerprint density at radius 3 is 2.55 bits per heavy atom. The van der Waals surface area contributed by atoms with Crippen molar-refractivity contribution in [2.75, 3.05) is 10.8 Å². The summed E-state index contributed by atoms with van der Waals surface area (Å²) in [6.07, 6.45) is -1.00. The van der Waals surface area contributed by atoms with Crippen LogP contribution in [0.2, 0.25) is 5.02 Å². The van der Waals surface area contributed by atoms with Crippen LogP contribution in [0.4, 0.5) is 5.69 Å². The quantitative estimate of drug-likeness (QED) is 0.631. The molecule has 0 fully saturated rings. The zero-order valence-electron chi connectivity index (χ0n) is 16.8. The van der Waals surface area contributed by atoms with Gasteiger partial charge < -0.3 is 10.1 Å². The van der Waals surface area contributed by atoms with Gasteiger partial charge >= 0.3 is 0 Å². The number of anilines is 1. The summed E-state index contributed by atoms with van der Waals surface area (Å²) in [5.74, 6) is -0.108. The molecule has 1 aliphatic rings. The molecule has 0 saturated carbocycles. The Labute approximate surface area is 186 Å². The molecule has 0 spiro atoms. The largest absolute Gasteiger partial charge is 0.476 e. The number of amides is 1. The van der Waals surface area contributed by atoms with E-state index in [4.69, 9.17) is 16.3 Å². The summed E-state index contributed by atoms with van der Waals surface area (Å²) in [5, 5.41) is 3.23. The van der Waals surface area contributed by atoms with Gasteiger partial charge in [-0.3, -0.25) is 9.10 Å². The molecule has 160 valence electrons. The Balaban J connectivity index is 1.63. The predicted octanol–water partition coefficient (Wildman–Crippen LogP) is 3.92. The van der Waals surface area contributed by atoms with Gasteiger partial charge in [0.1, 0.15) is 5.75 Å². The second kappa shape index (κ2) is 8.61. The normalized spacial score (nSPS) is 15.7. The van der Waals surface area contributed by atoms with Gasteiger partial charge in [0.25, 0.3) is 15.9 Å². The van der Waals surface area contributed by atoms with E-state index in [1.54, 1.807) is 30.3 Å². The van der Waals surface area contributed by atoms with Crippen LogP contribution in [0.3, 0.4) is 0 Å². The standard InChI is InChI=1S/C23H21ClN2O4S/c1-16-7-5-6-8-17(16)14-25-23(27)22-15-26(20-13-18(24)11-12-21(20)30-22)31(28,29)19-9-3-2-4-10-19/h2-13,22H,14-15H2,1H3,(H,25,27). The van der Waals surface area contributed by atoms with Crippen LogP contribution in [0.15, 0.2) is 77.7 Å². The van der Waals surface area contributed by atoms with E-state index in [1.165, 1.54) is 22.5 Å². The number of fused-ring (bicyclic) bond motifs is 1. The molecule has 31 heavy (non-hydrogen) atoms. The average molecular weight is 457 g/mol. The number of carbonyl (C=O) groups excluding carboxylic acids is 1. The van der Waals surface area contributed by atoms with Gasteiger partial charge in [0.05, 0.1) is 17.1 Å². The molecule has 1 amide bonds. The second-order valence-corrected chi connectivity index (χ2v) is 9.51. The number of benzene rings is 3. The molecule has 0 radical (unpaired) electrons. The molecule has 0 aromatic heterocycles. The van der Waals surface area contributed by atoms with Crippen molar-refractivity contribution in [2.24, 2.45) is 0 Å². The lowest BCUT2D eigenvalue weighted by atomic mass is 10.1. The number of nitrogens with one attached hydrogen (secondary N) is 1. The summed E-state index contributed by atoms with van der Waals surface area (Å²) in [4.78, 5) is 13.0. The van der Waals surface area contributed by atoms with Crippen LogP contribution in [-0.4, -0.2) is 27.0 Å². The van der Waals surface area contributed by atoms with Gasteiger partial charge in [-0.25, -0.2) is 8.42 Å². The lowest BCUT2D eigenvalue weighted by Gasteiger charge is -2.35. The number of ether oxygens (including phenoxy) is 1. The third-order valence-corrected chi connectivity index (χ3v) is 7.16. The van der Waals surface area contributed by atoms with Gasteiger partial charge in [-0.1, -0.05) is 54.1 Å². The van der Waals surface area contributed by atoms with Crippen molar-refractivity contribution in [3.05, 3.63) is 88.9 Å².